The van der Waals surface area contributed by atoms with Crippen molar-refractivity contribution in [2.75, 3.05) is 13.2 Å². The molecule has 92 valence electrons. The van der Waals surface area contributed by atoms with Crippen LogP contribution in [0.4, 0.5) is 13.2 Å². The van der Waals surface area contributed by atoms with Crippen molar-refractivity contribution in [1.82, 2.24) is 9.88 Å². The lowest BCUT2D eigenvalue weighted by molar-refractivity contribution is -0.181. The van der Waals surface area contributed by atoms with Crippen molar-refractivity contribution in [2.24, 2.45) is 0 Å². The lowest BCUT2D eigenvalue weighted by atomic mass is 10.3. The van der Waals surface area contributed by atoms with E-state index in [9.17, 15) is 13.2 Å². The molecular weight excluding hydrogens is 221 g/mol. The Hall–Kier alpha value is -1.01. The number of hydrogen-bond acceptors (Lipinski definition) is 2. The van der Waals surface area contributed by atoms with Gasteiger partial charge in [0.1, 0.15) is 13.3 Å². The summed E-state index contributed by atoms with van der Waals surface area (Å²) in [5, 5.41) is 3.12. The van der Waals surface area contributed by atoms with Gasteiger partial charge in [-0.2, -0.15) is 13.2 Å². The first-order chi connectivity index (χ1) is 7.51. The smallest absolute Gasteiger partial charge is 0.351 e. The molecule has 0 aliphatic carbocycles. The zero-order valence-corrected chi connectivity index (χ0v) is 9.05. The quantitative estimate of drug-likeness (QED) is 0.819. The molecule has 0 spiro atoms. The van der Waals surface area contributed by atoms with Gasteiger partial charge in [-0.25, -0.2) is 0 Å². The van der Waals surface area contributed by atoms with Crippen LogP contribution >= 0.6 is 0 Å². The molecule has 0 bridgehead atoms. The average Bonchev–Trinajstić information content (AvgIpc) is 2.61. The third-order valence-electron chi connectivity index (χ3n) is 1.90. The number of alkyl halides is 3. The molecule has 3 nitrogen and oxygen atoms in total. The number of halogens is 3. The summed E-state index contributed by atoms with van der Waals surface area (Å²) in [6, 6.07) is 1.85. The van der Waals surface area contributed by atoms with Gasteiger partial charge < -0.3 is 14.6 Å². The van der Waals surface area contributed by atoms with Crippen LogP contribution in [0.1, 0.15) is 12.5 Å². The highest BCUT2D eigenvalue weighted by atomic mass is 19.4. The fraction of sp³-hybridized carbons (Fsp3) is 0.600. The summed E-state index contributed by atoms with van der Waals surface area (Å²) in [5.41, 5.74) is 1.03. The second-order valence-corrected chi connectivity index (χ2v) is 3.41. The second kappa shape index (κ2) is 5.91. The highest BCUT2D eigenvalue weighted by Gasteiger charge is 2.27. The summed E-state index contributed by atoms with van der Waals surface area (Å²) in [5.74, 6) is 0. The average molecular weight is 236 g/mol. The van der Waals surface area contributed by atoms with Gasteiger partial charge in [-0.3, -0.25) is 0 Å². The maximum absolute atomic E-state index is 11.8. The molecule has 0 aliphatic rings. The number of nitrogens with zero attached hydrogens (tertiary/aromatic N) is 1. The Bertz CT molecular complexity index is 309. The van der Waals surface area contributed by atoms with E-state index in [0.717, 1.165) is 12.1 Å². The molecule has 0 amide bonds. The third kappa shape index (κ3) is 5.18. The van der Waals surface area contributed by atoms with Crippen LogP contribution in [0, 0.1) is 0 Å². The highest BCUT2D eigenvalue weighted by molar-refractivity contribution is 5.09. The predicted molar refractivity (Wildman–Crippen MR) is 53.8 cm³/mol. The first-order valence-corrected chi connectivity index (χ1v) is 5.01. The van der Waals surface area contributed by atoms with Crippen molar-refractivity contribution in [2.45, 2.75) is 26.4 Å². The van der Waals surface area contributed by atoms with Gasteiger partial charge in [-0.15, -0.1) is 0 Å². The first-order valence-electron chi connectivity index (χ1n) is 5.01. The Morgan fingerprint density at radius 3 is 2.81 bits per heavy atom. The van der Waals surface area contributed by atoms with Gasteiger partial charge in [-0.1, -0.05) is 6.92 Å². The standard InChI is InChI=1S/C10H15F3N2O/c1-2-14-5-9-3-4-15(6-9)8-16-7-10(11,12)13/h3-4,6,14H,2,5,7-8H2,1H3. The Kier molecular flexibility index (Phi) is 4.82. The van der Waals surface area contributed by atoms with Gasteiger partial charge in [0.15, 0.2) is 0 Å². The molecule has 1 rings (SSSR count). The van der Waals surface area contributed by atoms with Crippen LogP contribution in [-0.2, 0) is 18.0 Å². The minimum atomic E-state index is -4.26. The molecule has 1 heterocycles. The lowest BCUT2D eigenvalue weighted by Gasteiger charge is -2.08. The number of nitrogens with one attached hydrogen (secondary N) is 1. The Morgan fingerprint density at radius 1 is 1.44 bits per heavy atom. The molecule has 0 aromatic carbocycles. The summed E-state index contributed by atoms with van der Waals surface area (Å²) in [4.78, 5) is 0. The summed E-state index contributed by atoms with van der Waals surface area (Å²) in [6.07, 6.45) is -0.804. The lowest BCUT2D eigenvalue weighted by Crippen LogP contribution is -2.18. The van der Waals surface area contributed by atoms with Crippen LogP contribution in [0.3, 0.4) is 0 Å². The van der Waals surface area contributed by atoms with E-state index in [-0.39, 0.29) is 6.73 Å². The Balaban J connectivity index is 2.29. The van der Waals surface area contributed by atoms with E-state index in [2.05, 4.69) is 10.1 Å². The zero-order valence-electron chi connectivity index (χ0n) is 9.05. The van der Waals surface area contributed by atoms with Crippen molar-refractivity contribution in [3.63, 3.8) is 0 Å². The van der Waals surface area contributed by atoms with E-state index in [0.29, 0.717) is 6.54 Å². The molecular formula is C10H15F3N2O. The van der Waals surface area contributed by atoms with Crippen LogP contribution in [-0.4, -0.2) is 23.9 Å². The summed E-state index contributed by atoms with van der Waals surface area (Å²) >= 11 is 0. The van der Waals surface area contributed by atoms with E-state index in [1.54, 1.807) is 17.0 Å². The van der Waals surface area contributed by atoms with Crippen molar-refractivity contribution < 1.29 is 17.9 Å². The van der Waals surface area contributed by atoms with Gasteiger partial charge in [0.05, 0.1) is 0 Å². The zero-order chi connectivity index (χ0) is 12.0. The SMILES string of the molecule is CCNCc1ccn(COCC(F)(F)F)c1. The van der Waals surface area contributed by atoms with Gasteiger partial charge in [-0.05, 0) is 18.2 Å². The molecule has 0 aliphatic heterocycles. The normalized spacial score (nSPS) is 12.0. The molecule has 1 aromatic rings. The van der Waals surface area contributed by atoms with Gasteiger partial charge in [0, 0.05) is 18.9 Å². The predicted octanol–water partition coefficient (Wildman–Crippen LogP) is 2.13. The van der Waals surface area contributed by atoms with E-state index >= 15 is 0 Å². The van der Waals surface area contributed by atoms with Gasteiger partial charge in [0.2, 0.25) is 0 Å². The molecule has 0 fully saturated rings. The molecule has 1 aromatic heterocycles. The fourth-order valence-electron chi connectivity index (χ4n) is 1.21. The molecule has 0 saturated heterocycles. The maximum atomic E-state index is 11.8. The molecule has 6 heteroatoms. The van der Waals surface area contributed by atoms with Crippen LogP contribution in [0.2, 0.25) is 0 Å². The van der Waals surface area contributed by atoms with Crippen LogP contribution in [0.5, 0.6) is 0 Å². The van der Waals surface area contributed by atoms with E-state index in [4.69, 9.17) is 0 Å². The Morgan fingerprint density at radius 2 is 2.19 bits per heavy atom. The maximum Gasteiger partial charge on any atom is 0.411 e. The van der Waals surface area contributed by atoms with Crippen molar-refractivity contribution in [3.05, 3.63) is 24.0 Å². The number of aromatic nitrogens is 1. The minimum absolute atomic E-state index is 0.0777. The van der Waals surface area contributed by atoms with Gasteiger partial charge >= 0.3 is 6.18 Å². The van der Waals surface area contributed by atoms with Crippen LogP contribution in [0.15, 0.2) is 18.5 Å². The summed E-state index contributed by atoms with van der Waals surface area (Å²) < 4.78 is 41.5. The van der Waals surface area contributed by atoms with E-state index < -0.39 is 12.8 Å². The monoisotopic (exact) mass is 236 g/mol. The molecule has 0 unspecified atom stereocenters. The molecule has 0 radical (unpaired) electrons. The topological polar surface area (TPSA) is 26.2 Å². The van der Waals surface area contributed by atoms with Crippen LogP contribution < -0.4 is 5.32 Å². The second-order valence-electron chi connectivity index (χ2n) is 3.41. The van der Waals surface area contributed by atoms with Crippen molar-refractivity contribution in [1.29, 1.82) is 0 Å². The summed E-state index contributed by atoms with van der Waals surface area (Å²) in [7, 11) is 0. The highest BCUT2D eigenvalue weighted by Crippen LogP contribution is 2.14. The fourth-order valence-corrected chi connectivity index (χ4v) is 1.21. The van der Waals surface area contributed by atoms with Crippen LogP contribution in [0.25, 0.3) is 0 Å². The van der Waals surface area contributed by atoms with Crippen molar-refractivity contribution >= 4 is 0 Å². The molecule has 1 N–H and O–H groups in total. The molecule has 16 heavy (non-hydrogen) atoms. The molecule has 0 atom stereocenters. The molecule has 0 saturated carbocycles. The van der Waals surface area contributed by atoms with Gasteiger partial charge in [0.25, 0.3) is 0 Å². The summed E-state index contributed by atoms with van der Waals surface area (Å²) in [6.45, 7) is 2.27. The number of rotatable bonds is 6. The largest absolute Gasteiger partial charge is 0.411 e. The number of ether oxygens (including phenoxy) is 1. The first kappa shape index (κ1) is 13.1. The minimum Gasteiger partial charge on any atom is -0.351 e. The Labute approximate surface area is 92.2 Å². The van der Waals surface area contributed by atoms with Crippen molar-refractivity contribution in [3.8, 4) is 0 Å². The third-order valence-corrected chi connectivity index (χ3v) is 1.90. The number of hydrogen-bond donors (Lipinski definition) is 1. The van der Waals surface area contributed by atoms with E-state index in [1.165, 1.54) is 0 Å². The van der Waals surface area contributed by atoms with E-state index in [1.807, 2.05) is 13.0 Å².